The first-order valence-electron chi connectivity index (χ1n) is 10.6. The van der Waals surface area contributed by atoms with Gasteiger partial charge in [-0.05, 0) is 48.7 Å². The summed E-state index contributed by atoms with van der Waals surface area (Å²) < 4.78 is 43.5. The molecule has 1 fully saturated rings. The van der Waals surface area contributed by atoms with Gasteiger partial charge in [-0.3, -0.25) is 4.79 Å². The maximum atomic E-state index is 13.4. The summed E-state index contributed by atoms with van der Waals surface area (Å²) in [6.45, 7) is 1.89. The predicted octanol–water partition coefficient (Wildman–Crippen LogP) is 2.44. The van der Waals surface area contributed by atoms with Crippen molar-refractivity contribution in [3.05, 3.63) is 59.7 Å². The molecule has 0 bridgehead atoms. The second-order valence-corrected chi connectivity index (χ2v) is 9.36. The van der Waals surface area contributed by atoms with E-state index in [1.165, 1.54) is 19.2 Å². The van der Waals surface area contributed by atoms with Gasteiger partial charge in [-0.2, -0.15) is 0 Å². The number of methoxy groups -OCH3 is 2. The molecule has 9 heteroatoms. The van der Waals surface area contributed by atoms with Gasteiger partial charge in [0.05, 0.1) is 24.7 Å². The number of nitrogens with zero attached hydrogens (tertiary/aromatic N) is 1. The molecule has 1 amide bonds. The van der Waals surface area contributed by atoms with Gasteiger partial charge in [0.2, 0.25) is 10.0 Å². The van der Waals surface area contributed by atoms with Crippen molar-refractivity contribution in [3.8, 4) is 5.75 Å². The topological polar surface area (TPSA) is 94.2 Å². The van der Waals surface area contributed by atoms with Crippen LogP contribution in [0.3, 0.4) is 0 Å². The Morgan fingerprint density at radius 1 is 1.19 bits per heavy atom. The van der Waals surface area contributed by atoms with E-state index >= 15 is 0 Å². The molecular formula is C23H30N2O6S. The lowest BCUT2D eigenvalue weighted by Gasteiger charge is -2.26. The van der Waals surface area contributed by atoms with Crippen LogP contribution >= 0.6 is 0 Å². The minimum absolute atomic E-state index is 0.0350. The normalized spacial score (nSPS) is 16.1. The van der Waals surface area contributed by atoms with E-state index in [0.717, 1.165) is 18.4 Å². The second-order valence-electron chi connectivity index (χ2n) is 7.59. The van der Waals surface area contributed by atoms with Crippen LogP contribution in [0.5, 0.6) is 5.75 Å². The van der Waals surface area contributed by atoms with Crippen LogP contribution in [0.15, 0.2) is 53.4 Å². The van der Waals surface area contributed by atoms with E-state index < -0.39 is 10.0 Å². The molecule has 32 heavy (non-hydrogen) atoms. The molecule has 3 rings (SSSR count). The highest BCUT2D eigenvalue weighted by Gasteiger charge is 2.25. The Labute approximate surface area is 189 Å². The zero-order chi connectivity index (χ0) is 23.0. The highest BCUT2D eigenvalue weighted by molar-refractivity contribution is 7.89. The molecule has 1 atom stereocenters. The number of sulfonamides is 1. The van der Waals surface area contributed by atoms with Crippen LogP contribution in [0.4, 0.5) is 0 Å². The number of carbonyl (C=O) groups excluding carboxylic acids is 1. The van der Waals surface area contributed by atoms with Crippen molar-refractivity contribution < 1.29 is 27.4 Å². The van der Waals surface area contributed by atoms with Gasteiger partial charge in [0.25, 0.3) is 5.91 Å². The van der Waals surface area contributed by atoms with Crippen molar-refractivity contribution in [2.75, 3.05) is 40.5 Å². The van der Waals surface area contributed by atoms with E-state index in [1.54, 1.807) is 24.1 Å². The molecule has 0 aromatic heterocycles. The maximum absolute atomic E-state index is 13.4. The third kappa shape index (κ3) is 6.52. The van der Waals surface area contributed by atoms with Crippen LogP contribution in [0.1, 0.15) is 28.8 Å². The summed E-state index contributed by atoms with van der Waals surface area (Å²) in [7, 11) is -0.650. The first-order chi connectivity index (χ1) is 15.4. The Bertz CT molecular complexity index is 1010. The molecule has 0 saturated carbocycles. The predicted molar refractivity (Wildman–Crippen MR) is 120 cm³/mol. The third-order valence-corrected chi connectivity index (χ3v) is 6.69. The van der Waals surface area contributed by atoms with Gasteiger partial charge < -0.3 is 19.1 Å². The zero-order valence-electron chi connectivity index (χ0n) is 18.5. The van der Waals surface area contributed by atoms with Gasteiger partial charge in [-0.1, -0.05) is 18.2 Å². The lowest BCUT2D eigenvalue weighted by atomic mass is 10.1. The van der Waals surface area contributed by atoms with Crippen molar-refractivity contribution >= 4 is 15.9 Å². The van der Waals surface area contributed by atoms with Gasteiger partial charge in [0.15, 0.2) is 0 Å². The number of amides is 1. The summed E-state index contributed by atoms with van der Waals surface area (Å²) >= 11 is 0. The molecule has 1 unspecified atom stereocenters. The van der Waals surface area contributed by atoms with E-state index in [0.29, 0.717) is 31.0 Å². The molecule has 174 valence electrons. The Morgan fingerprint density at radius 2 is 2.00 bits per heavy atom. The van der Waals surface area contributed by atoms with Crippen LogP contribution in [0.25, 0.3) is 0 Å². The van der Waals surface area contributed by atoms with Crippen LogP contribution in [0.2, 0.25) is 0 Å². The van der Waals surface area contributed by atoms with Crippen LogP contribution in [-0.2, 0) is 26.0 Å². The molecular weight excluding hydrogens is 432 g/mol. The monoisotopic (exact) mass is 462 g/mol. The summed E-state index contributed by atoms with van der Waals surface area (Å²) in [5.41, 5.74) is 1.22. The highest BCUT2D eigenvalue weighted by Crippen LogP contribution is 2.20. The lowest BCUT2D eigenvalue weighted by Crippen LogP contribution is -2.37. The fourth-order valence-corrected chi connectivity index (χ4v) is 4.64. The SMILES string of the molecule is COCCNS(=O)(=O)c1cccc(C(=O)N(Cc2cccc(OC)c2)CC2CCCO2)c1. The number of rotatable bonds is 11. The van der Waals surface area contributed by atoms with E-state index in [1.807, 2.05) is 24.3 Å². The van der Waals surface area contributed by atoms with Crippen LogP contribution in [0, 0.1) is 0 Å². The third-order valence-electron chi connectivity index (χ3n) is 5.23. The summed E-state index contributed by atoms with van der Waals surface area (Å²) in [5, 5.41) is 0. The Kier molecular flexibility index (Phi) is 8.63. The fraction of sp³-hybridized carbons (Fsp3) is 0.435. The molecule has 0 aliphatic carbocycles. The van der Waals surface area contributed by atoms with Gasteiger partial charge in [-0.15, -0.1) is 0 Å². The minimum Gasteiger partial charge on any atom is -0.497 e. The molecule has 1 aliphatic heterocycles. The molecule has 8 nitrogen and oxygen atoms in total. The van der Waals surface area contributed by atoms with Crippen molar-refractivity contribution in [2.45, 2.75) is 30.4 Å². The highest BCUT2D eigenvalue weighted by atomic mass is 32.2. The molecule has 1 aliphatic rings. The number of nitrogens with one attached hydrogen (secondary N) is 1. The number of carbonyl (C=O) groups is 1. The molecule has 1 heterocycles. The fourth-order valence-electron chi connectivity index (χ4n) is 3.58. The van der Waals surface area contributed by atoms with E-state index in [9.17, 15) is 13.2 Å². The van der Waals surface area contributed by atoms with Crippen molar-refractivity contribution in [1.29, 1.82) is 0 Å². The maximum Gasteiger partial charge on any atom is 0.254 e. The standard InChI is InChI=1S/C23H30N2O6S/c1-29-13-11-24-32(27,28)22-10-4-7-19(15-22)23(26)25(17-21-9-5-12-31-21)16-18-6-3-8-20(14-18)30-2/h3-4,6-8,10,14-15,21,24H,5,9,11-13,16-17H2,1-2H3. The van der Waals surface area contributed by atoms with E-state index in [4.69, 9.17) is 14.2 Å². The lowest BCUT2D eigenvalue weighted by molar-refractivity contribution is 0.0507. The van der Waals surface area contributed by atoms with Gasteiger partial charge in [-0.25, -0.2) is 13.1 Å². The molecule has 0 spiro atoms. The minimum atomic E-state index is -3.75. The van der Waals surface area contributed by atoms with Crippen molar-refractivity contribution in [2.24, 2.45) is 0 Å². The summed E-state index contributed by atoms with van der Waals surface area (Å²) in [6, 6.07) is 13.6. The Balaban J connectivity index is 1.83. The molecule has 1 saturated heterocycles. The van der Waals surface area contributed by atoms with Crippen LogP contribution in [-0.4, -0.2) is 65.9 Å². The number of ether oxygens (including phenoxy) is 3. The quantitative estimate of drug-likeness (QED) is 0.516. The molecule has 2 aromatic carbocycles. The van der Waals surface area contributed by atoms with Crippen LogP contribution < -0.4 is 9.46 Å². The van der Waals surface area contributed by atoms with Gasteiger partial charge in [0.1, 0.15) is 5.75 Å². The smallest absolute Gasteiger partial charge is 0.254 e. The first kappa shape index (κ1) is 24.2. The average molecular weight is 463 g/mol. The van der Waals surface area contributed by atoms with Crippen molar-refractivity contribution in [1.82, 2.24) is 9.62 Å². The number of benzene rings is 2. The first-order valence-corrected chi connectivity index (χ1v) is 12.0. The van der Waals surface area contributed by atoms with E-state index in [-0.39, 0.29) is 30.1 Å². The van der Waals surface area contributed by atoms with Crippen molar-refractivity contribution in [3.63, 3.8) is 0 Å². The Hall–Kier alpha value is -2.46. The number of hydrogen-bond donors (Lipinski definition) is 1. The summed E-state index contributed by atoms with van der Waals surface area (Å²) in [6.07, 6.45) is 1.82. The zero-order valence-corrected chi connectivity index (χ0v) is 19.3. The van der Waals surface area contributed by atoms with E-state index in [2.05, 4.69) is 4.72 Å². The van der Waals surface area contributed by atoms with Gasteiger partial charge in [0, 0.05) is 38.9 Å². The second kappa shape index (κ2) is 11.4. The largest absolute Gasteiger partial charge is 0.497 e. The Morgan fingerprint density at radius 3 is 2.72 bits per heavy atom. The average Bonchev–Trinajstić information content (AvgIpc) is 3.32. The molecule has 2 aromatic rings. The number of hydrogen-bond acceptors (Lipinski definition) is 6. The molecule has 0 radical (unpaired) electrons. The van der Waals surface area contributed by atoms with Gasteiger partial charge >= 0.3 is 0 Å². The summed E-state index contributed by atoms with van der Waals surface area (Å²) in [5.74, 6) is 0.458. The molecule has 1 N–H and O–H groups in total. The summed E-state index contributed by atoms with van der Waals surface area (Å²) in [4.78, 5) is 15.2.